The van der Waals surface area contributed by atoms with Gasteiger partial charge in [0.05, 0.1) is 12.6 Å². The van der Waals surface area contributed by atoms with Gasteiger partial charge in [0, 0.05) is 16.7 Å². The lowest BCUT2D eigenvalue weighted by atomic mass is 10.1. The van der Waals surface area contributed by atoms with Gasteiger partial charge in [-0.1, -0.05) is 15.9 Å². The van der Waals surface area contributed by atoms with Crippen LogP contribution in [0.25, 0.3) is 0 Å². The quantitative estimate of drug-likeness (QED) is 0.894. The summed E-state index contributed by atoms with van der Waals surface area (Å²) in [6.45, 7) is 3.80. The van der Waals surface area contributed by atoms with Crippen LogP contribution in [0.15, 0.2) is 22.7 Å². The maximum atomic E-state index is 11.9. The summed E-state index contributed by atoms with van der Waals surface area (Å²) >= 11 is 3.43. The van der Waals surface area contributed by atoms with Crippen molar-refractivity contribution in [3.05, 3.63) is 28.2 Å². The number of hydrogen-bond donors (Lipinski definition) is 2. The van der Waals surface area contributed by atoms with Crippen LogP contribution < -0.4 is 5.32 Å². The number of rotatable bonds is 3. The van der Waals surface area contributed by atoms with E-state index in [0.717, 1.165) is 35.1 Å². The maximum absolute atomic E-state index is 11.9. The number of anilines is 1. The molecule has 0 spiro atoms. The van der Waals surface area contributed by atoms with Crippen LogP contribution in [0.3, 0.4) is 0 Å². The number of benzene rings is 1. The molecule has 1 aromatic rings. The van der Waals surface area contributed by atoms with E-state index in [1.54, 1.807) is 0 Å². The number of likely N-dealkylation sites (tertiary alicyclic amines) is 1. The number of β-amino-alcohol motifs (C(OH)–C–C–N with tert-alkyl or cyclic N) is 1. The number of aliphatic hydroxyl groups is 1. The molecule has 0 aliphatic carbocycles. The number of carbonyl (C=O) groups is 1. The van der Waals surface area contributed by atoms with Crippen LogP contribution in [0.5, 0.6) is 0 Å². The van der Waals surface area contributed by atoms with Crippen molar-refractivity contribution in [1.29, 1.82) is 0 Å². The SMILES string of the molecule is Cc1cc(NC(=O)CN2CCCC(O)C2)ccc1Br. The predicted octanol–water partition coefficient (Wildman–Crippen LogP) is 2.15. The number of amides is 1. The Morgan fingerprint density at radius 1 is 1.58 bits per heavy atom. The van der Waals surface area contributed by atoms with E-state index in [0.29, 0.717) is 13.1 Å². The summed E-state index contributed by atoms with van der Waals surface area (Å²) in [5, 5.41) is 12.5. The third kappa shape index (κ3) is 4.30. The molecule has 1 atom stereocenters. The van der Waals surface area contributed by atoms with Gasteiger partial charge in [0.15, 0.2) is 0 Å². The molecule has 1 aliphatic heterocycles. The van der Waals surface area contributed by atoms with Gasteiger partial charge in [0.25, 0.3) is 0 Å². The van der Waals surface area contributed by atoms with Crippen LogP contribution in [0.2, 0.25) is 0 Å². The molecule has 0 radical (unpaired) electrons. The van der Waals surface area contributed by atoms with Gasteiger partial charge in [-0.05, 0) is 50.1 Å². The van der Waals surface area contributed by atoms with Gasteiger partial charge >= 0.3 is 0 Å². The van der Waals surface area contributed by atoms with E-state index >= 15 is 0 Å². The zero-order valence-electron chi connectivity index (χ0n) is 11.0. The lowest BCUT2D eigenvalue weighted by molar-refractivity contribution is -0.118. The zero-order chi connectivity index (χ0) is 13.8. The van der Waals surface area contributed by atoms with Crippen molar-refractivity contribution < 1.29 is 9.90 Å². The van der Waals surface area contributed by atoms with Crippen molar-refractivity contribution in [1.82, 2.24) is 4.90 Å². The summed E-state index contributed by atoms with van der Waals surface area (Å²) < 4.78 is 1.03. The molecule has 1 heterocycles. The maximum Gasteiger partial charge on any atom is 0.238 e. The van der Waals surface area contributed by atoms with Crippen LogP contribution in [0.1, 0.15) is 18.4 Å². The van der Waals surface area contributed by atoms with E-state index < -0.39 is 0 Å². The normalized spacial score (nSPS) is 20.3. The second-order valence-corrected chi connectivity index (χ2v) is 5.90. The van der Waals surface area contributed by atoms with Gasteiger partial charge in [0.2, 0.25) is 5.91 Å². The van der Waals surface area contributed by atoms with Crippen molar-refractivity contribution >= 4 is 27.5 Å². The monoisotopic (exact) mass is 326 g/mol. The Bertz CT molecular complexity index is 465. The van der Waals surface area contributed by atoms with E-state index in [1.807, 2.05) is 30.0 Å². The fraction of sp³-hybridized carbons (Fsp3) is 0.500. The fourth-order valence-corrected chi connectivity index (χ4v) is 2.55. The molecule has 0 aromatic heterocycles. The molecule has 5 heteroatoms. The molecule has 0 saturated carbocycles. The predicted molar refractivity (Wildman–Crippen MR) is 79.2 cm³/mol. The summed E-state index contributed by atoms with van der Waals surface area (Å²) in [5.41, 5.74) is 1.90. The van der Waals surface area contributed by atoms with Crippen molar-refractivity contribution in [3.63, 3.8) is 0 Å². The van der Waals surface area contributed by atoms with Crippen LogP contribution in [0, 0.1) is 6.92 Å². The van der Waals surface area contributed by atoms with Crippen molar-refractivity contribution in [2.75, 3.05) is 25.0 Å². The Balaban J connectivity index is 1.88. The highest BCUT2D eigenvalue weighted by atomic mass is 79.9. The highest BCUT2D eigenvalue weighted by Gasteiger charge is 2.19. The van der Waals surface area contributed by atoms with Gasteiger partial charge in [-0.3, -0.25) is 9.69 Å². The summed E-state index contributed by atoms with van der Waals surface area (Å²) in [5.74, 6) is -0.0316. The Morgan fingerprint density at radius 3 is 3.05 bits per heavy atom. The minimum atomic E-state index is -0.295. The molecular weight excluding hydrogens is 308 g/mol. The number of carbonyl (C=O) groups excluding carboxylic acids is 1. The lowest BCUT2D eigenvalue weighted by Gasteiger charge is -2.29. The Morgan fingerprint density at radius 2 is 2.37 bits per heavy atom. The van der Waals surface area contributed by atoms with Crippen LogP contribution >= 0.6 is 15.9 Å². The Labute approximate surface area is 121 Å². The number of hydrogen-bond acceptors (Lipinski definition) is 3. The van der Waals surface area contributed by atoms with Gasteiger partial charge in [-0.25, -0.2) is 0 Å². The molecule has 1 amide bonds. The molecule has 1 fully saturated rings. The van der Waals surface area contributed by atoms with Crippen LogP contribution in [0.4, 0.5) is 5.69 Å². The molecule has 1 unspecified atom stereocenters. The number of halogens is 1. The summed E-state index contributed by atoms with van der Waals surface area (Å²) in [6, 6.07) is 5.74. The second-order valence-electron chi connectivity index (χ2n) is 5.04. The van der Waals surface area contributed by atoms with Gasteiger partial charge in [0.1, 0.15) is 0 Å². The molecule has 1 aromatic carbocycles. The highest BCUT2D eigenvalue weighted by molar-refractivity contribution is 9.10. The molecule has 19 heavy (non-hydrogen) atoms. The second kappa shape index (κ2) is 6.50. The average molecular weight is 327 g/mol. The first-order valence-electron chi connectivity index (χ1n) is 6.51. The number of nitrogens with one attached hydrogen (secondary N) is 1. The third-order valence-corrected chi connectivity index (χ3v) is 4.18. The van der Waals surface area contributed by atoms with E-state index in [9.17, 15) is 9.90 Å². The first kappa shape index (κ1) is 14.5. The topological polar surface area (TPSA) is 52.6 Å². The first-order valence-corrected chi connectivity index (χ1v) is 7.30. The van der Waals surface area contributed by atoms with Crippen molar-refractivity contribution in [3.8, 4) is 0 Å². The Hall–Kier alpha value is -0.910. The molecular formula is C14H19BrN2O2. The van der Waals surface area contributed by atoms with E-state index in [-0.39, 0.29) is 12.0 Å². The first-order chi connectivity index (χ1) is 9.04. The van der Waals surface area contributed by atoms with E-state index in [1.165, 1.54) is 0 Å². The van der Waals surface area contributed by atoms with Gasteiger partial charge < -0.3 is 10.4 Å². The molecule has 2 N–H and O–H groups in total. The minimum Gasteiger partial charge on any atom is -0.392 e. The molecule has 2 rings (SSSR count). The number of nitrogens with zero attached hydrogens (tertiary/aromatic N) is 1. The van der Waals surface area contributed by atoms with E-state index in [2.05, 4.69) is 21.2 Å². The smallest absolute Gasteiger partial charge is 0.238 e. The molecule has 1 aliphatic rings. The lowest BCUT2D eigenvalue weighted by Crippen LogP contribution is -2.42. The summed E-state index contributed by atoms with van der Waals surface area (Å²) in [7, 11) is 0. The molecule has 0 bridgehead atoms. The largest absolute Gasteiger partial charge is 0.392 e. The molecule has 104 valence electrons. The third-order valence-electron chi connectivity index (χ3n) is 3.29. The van der Waals surface area contributed by atoms with Crippen LogP contribution in [-0.2, 0) is 4.79 Å². The van der Waals surface area contributed by atoms with Gasteiger partial charge in [-0.15, -0.1) is 0 Å². The van der Waals surface area contributed by atoms with E-state index in [4.69, 9.17) is 0 Å². The molecule has 4 nitrogen and oxygen atoms in total. The highest BCUT2D eigenvalue weighted by Crippen LogP contribution is 2.20. The summed E-state index contributed by atoms with van der Waals surface area (Å²) in [6.07, 6.45) is 1.49. The zero-order valence-corrected chi connectivity index (χ0v) is 12.6. The van der Waals surface area contributed by atoms with Gasteiger partial charge in [-0.2, -0.15) is 0 Å². The van der Waals surface area contributed by atoms with Crippen molar-refractivity contribution in [2.24, 2.45) is 0 Å². The Kier molecular flexibility index (Phi) is 4.96. The molecule has 1 saturated heterocycles. The number of aryl methyl sites for hydroxylation is 1. The van der Waals surface area contributed by atoms with Crippen LogP contribution in [-0.4, -0.2) is 41.7 Å². The summed E-state index contributed by atoms with van der Waals surface area (Å²) in [4.78, 5) is 13.9. The number of piperidine rings is 1. The standard InChI is InChI=1S/C14H19BrN2O2/c1-10-7-11(4-5-13(10)15)16-14(19)9-17-6-2-3-12(18)8-17/h4-5,7,12,18H,2-3,6,8-9H2,1H3,(H,16,19). The minimum absolute atomic E-state index is 0.0316. The number of aliphatic hydroxyl groups excluding tert-OH is 1. The average Bonchev–Trinajstić information content (AvgIpc) is 2.34. The van der Waals surface area contributed by atoms with Crippen molar-refractivity contribution in [2.45, 2.75) is 25.9 Å². The fourth-order valence-electron chi connectivity index (χ4n) is 2.30.